The third-order valence-corrected chi connectivity index (χ3v) is 1.70. The summed E-state index contributed by atoms with van der Waals surface area (Å²) in [5, 5.41) is 2.72. The Kier molecular flexibility index (Phi) is 3.03. The molecule has 3 N–H and O–H groups in total. The number of nitrogens with one attached hydrogen (secondary N) is 1. The van der Waals surface area contributed by atoms with Crippen LogP contribution in [0.15, 0.2) is 24.3 Å². The van der Waals surface area contributed by atoms with E-state index >= 15 is 0 Å². The Morgan fingerprint density at radius 2 is 2.23 bits per heavy atom. The molecule has 3 heteroatoms. The van der Waals surface area contributed by atoms with Crippen LogP contribution >= 0.6 is 0 Å². The summed E-state index contributed by atoms with van der Waals surface area (Å²) in [7, 11) is 0. The van der Waals surface area contributed by atoms with E-state index < -0.39 is 6.04 Å². The van der Waals surface area contributed by atoms with E-state index in [1.165, 1.54) is 0 Å². The summed E-state index contributed by atoms with van der Waals surface area (Å²) >= 11 is 0. The highest BCUT2D eigenvalue weighted by molar-refractivity contribution is 5.94. The second-order valence-electron chi connectivity index (χ2n) is 3.15. The molecule has 0 unspecified atom stereocenters. The maximum absolute atomic E-state index is 11.2. The molecule has 1 aromatic rings. The highest BCUT2D eigenvalue weighted by Crippen LogP contribution is 2.09. The smallest absolute Gasteiger partial charge is 0.240 e. The quantitative estimate of drug-likeness (QED) is 0.716. The van der Waals surface area contributed by atoms with Gasteiger partial charge in [-0.05, 0) is 31.5 Å². The van der Waals surface area contributed by atoms with Gasteiger partial charge in [-0.3, -0.25) is 4.79 Å². The van der Waals surface area contributed by atoms with Crippen LogP contribution in [0.2, 0.25) is 0 Å². The van der Waals surface area contributed by atoms with Gasteiger partial charge in [-0.25, -0.2) is 0 Å². The topological polar surface area (TPSA) is 55.1 Å². The van der Waals surface area contributed by atoms with Crippen LogP contribution in [0.25, 0.3) is 0 Å². The number of hydrogen-bond acceptors (Lipinski definition) is 2. The molecule has 1 atom stereocenters. The fourth-order valence-corrected chi connectivity index (χ4v) is 0.979. The number of amides is 1. The van der Waals surface area contributed by atoms with Crippen LogP contribution in [0.3, 0.4) is 0 Å². The molecule has 3 nitrogen and oxygen atoms in total. The third kappa shape index (κ3) is 2.87. The Labute approximate surface area is 77.9 Å². The van der Waals surface area contributed by atoms with Gasteiger partial charge in [0.2, 0.25) is 5.91 Å². The largest absolute Gasteiger partial charge is 0.325 e. The number of hydrogen-bond donors (Lipinski definition) is 2. The minimum Gasteiger partial charge on any atom is -0.325 e. The molecule has 0 aliphatic rings. The molecule has 0 bridgehead atoms. The predicted octanol–water partition coefficient (Wildman–Crippen LogP) is 1.28. The summed E-state index contributed by atoms with van der Waals surface area (Å²) in [6, 6.07) is 7.14. The van der Waals surface area contributed by atoms with Gasteiger partial charge in [0.05, 0.1) is 6.04 Å². The monoisotopic (exact) mass is 178 g/mol. The van der Waals surface area contributed by atoms with Crippen LogP contribution < -0.4 is 11.1 Å². The van der Waals surface area contributed by atoms with E-state index in [4.69, 9.17) is 5.73 Å². The Morgan fingerprint density at radius 1 is 1.54 bits per heavy atom. The van der Waals surface area contributed by atoms with E-state index in [-0.39, 0.29) is 5.91 Å². The average Bonchev–Trinajstić information content (AvgIpc) is 2.04. The van der Waals surface area contributed by atoms with Gasteiger partial charge in [0.15, 0.2) is 0 Å². The lowest BCUT2D eigenvalue weighted by atomic mass is 10.2. The second-order valence-corrected chi connectivity index (χ2v) is 3.15. The molecule has 1 aromatic carbocycles. The average molecular weight is 178 g/mol. The number of carbonyl (C=O) groups is 1. The first-order chi connectivity index (χ1) is 6.09. The summed E-state index contributed by atoms with van der Waals surface area (Å²) in [5.74, 6) is -0.161. The molecular formula is C10H14N2O. The van der Waals surface area contributed by atoms with Crippen molar-refractivity contribution in [1.82, 2.24) is 0 Å². The number of rotatable bonds is 2. The van der Waals surface area contributed by atoms with Gasteiger partial charge in [0.25, 0.3) is 0 Å². The first kappa shape index (κ1) is 9.74. The van der Waals surface area contributed by atoms with Crippen molar-refractivity contribution in [1.29, 1.82) is 0 Å². The first-order valence-electron chi connectivity index (χ1n) is 4.22. The van der Waals surface area contributed by atoms with Crippen molar-refractivity contribution in [2.45, 2.75) is 19.9 Å². The Balaban J connectivity index is 2.69. The first-order valence-corrected chi connectivity index (χ1v) is 4.22. The van der Waals surface area contributed by atoms with E-state index in [0.717, 1.165) is 11.3 Å². The number of benzene rings is 1. The zero-order valence-corrected chi connectivity index (χ0v) is 7.87. The Hall–Kier alpha value is -1.35. The van der Waals surface area contributed by atoms with Crippen LogP contribution in [-0.4, -0.2) is 11.9 Å². The van der Waals surface area contributed by atoms with Crippen LogP contribution in [-0.2, 0) is 4.79 Å². The molecule has 0 aliphatic heterocycles. The molecule has 0 saturated heterocycles. The van der Waals surface area contributed by atoms with Gasteiger partial charge in [-0.2, -0.15) is 0 Å². The van der Waals surface area contributed by atoms with Crippen LogP contribution in [0, 0.1) is 6.92 Å². The van der Waals surface area contributed by atoms with Crippen molar-refractivity contribution in [3.05, 3.63) is 29.8 Å². The lowest BCUT2D eigenvalue weighted by molar-refractivity contribution is -0.117. The fraction of sp³-hybridized carbons (Fsp3) is 0.300. The summed E-state index contributed by atoms with van der Waals surface area (Å²) in [4.78, 5) is 11.2. The molecule has 1 rings (SSSR count). The summed E-state index contributed by atoms with van der Waals surface area (Å²) in [5.41, 5.74) is 7.32. The zero-order valence-electron chi connectivity index (χ0n) is 7.87. The molecular weight excluding hydrogens is 164 g/mol. The van der Waals surface area contributed by atoms with E-state index in [2.05, 4.69) is 5.32 Å². The molecule has 0 radical (unpaired) electrons. The van der Waals surface area contributed by atoms with Gasteiger partial charge >= 0.3 is 0 Å². The van der Waals surface area contributed by atoms with Gasteiger partial charge in [0.1, 0.15) is 0 Å². The van der Waals surface area contributed by atoms with Gasteiger partial charge in [-0.15, -0.1) is 0 Å². The normalized spacial score (nSPS) is 12.2. The second kappa shape index (κ2) is 4.05. The zero-order chi connectivity index (χ0) is 9.84. The van der Waals surface area contributed by atoms with Gasteiger partial charge < -0.3 is 11.1 Å². The molecule has 0 aromatic heterocycles. The van der Waals surface area contributed by atoms with Gasteiger partial charge in [-0.1, -0.05) is 12.1 Å². The summed E-state index contributed by atoms with van der Waals surface area (Å²) < 4.78 is 0. The van der Waals surface area contributed by atoms with E-state index in [0.29, 0.717) is 0 Å². The maximum Gasteiger partial charge on any atom is 0.240 e. The van der Waals surface area contributed by atoms with E-state index in [9.17, 15) is 4.79 Å². The van der Waals surface area contributed by atoms with Crippen LogP contribution in [0.5, 0.6) is 0 Å². The predicted molar refractivity (Wildman–Crippen MR) is 53.5 cm³/mol. The van der Waals surface area contributed by atoms with Crippen molar-refractivity contribution in [3.63, 3.8) is 0 Å². The van der Waals surface area contributed by atoms with Gasteiger partial charge in [0, 0.05) is 5.69 Å². The molecule has 1 amide bonds. The highest BCUT2D eigenvalue weighted by atomic mass is 16.2. The van der Waals surface area contributed by atoms with Crippen molar-refractivity contribution >= 4 is 11.6 Å². The third-order valence-electron chi connectivity index (χ3n) is 1.70. The molecule has 0 saturated carbocycles. The lowest BCUT2D eigenvalue weighted by Crippen LogP contribution is -2.32. The molecule has 0 spiro atoms. The Bertz CT molecular complexity index is 308. The molecule has 0 heterocycles. The summed E-state index contributed by atoms with van der Waals surface area (Å²) in [6.07, 6.45) is 0. The standard InChI is InChI=1S/C10H14N2O/c1-7-4-3-5-9(6-7)12-10(13)8(2)11/h3-6,8H,11H2,1-2H3,(H,12,13)/t8-/m1/s1. The number of nitrogens with two attached hydrogens (primary N) is 1. The molecule has 13 heavy (non-hydrogen) atoms. The Morgan fingerprint density at radius 3 is 2.77 bits per heavy atom. The maximum atomic E-state index is 11.2. The lowest BCUT2D eigenvalue weighted by Gasteiger charge is -2.07. The molecule has 70 valence electrons. The molecule has 0 aliphatic carbocycles. The SMILES string of the molecule is Cc1cccc(NC(=O)[C@@H](C)N)c1. The number of carbonyl (C=O) groups excluding carboxylic acids is 1. The minimum absolute atomic E-state index is 0.161. The molecule has 0 fully saturated rings. The van der Waals surface area contributed by atoms with E-state index in [1.54, 1.807) is 6.92 Å². The van der Waals surface area contributed by atoms with E-state index in [1.807, 2.05) is 31.2 Å². The van der Waals surface area contributed by atoms with Crippen LogP contribution in [0.1, 0.15) is 12.5 Å². The van der Waals surface area contributed by atoms with Crippen molar-refractivity contribution in [3.8, 4) is 0 Å². The summed E-state index contributed by atoms with van der Waals surface area (Å²) in [6.45, 7) is 3.63. The highest BCUT2D eigenvalue weighted by Gasteiger charge is 2.06. The van der Waals surface area contributed by atoms with Crippen LogP contribution in [0.4, 0.5) is 5.69 Å². The number of aryl methyl sites for hydroxylation is 1. The minimum atomic E-state index is -0.472. The van der Waals surface area contributed by atoms with Crippen molar-refractivity contribution in [2.75, 3.05) is 5.32 Å². The number of anilines is 1. The van der Waals surface area contributed by atoms with Crippen molar-refractivity contribution in [2.24, 2.45) is 5.73 Å². The fourth-order valence-electron chi connectivity index (χ4n) is 0.979. The van der Waals surface area contributed by atoms with Crippen molar-refractivity contribution < 1.29 is 4.79 Å².